The van der Waals surface area contributed by atoms with Gasteiger partial charge in [0.05, 0.1) is 23.4 Å². The maximum Gasteiger partial charge on any atom is 0.338 e. The molecule has 0 radical (unpaired) electrons. The molecule has 1 aromatic heterocycles. The number of anilines is 2. The topological polar surface area (TPSA) is 51.2 Å². The van der Waals surface area contributed by atoms with E-state index in [9.17, 15) is 4.79 Å². The van der Waals surface area contributed by atoms with Crippen molar-refractivity contribution < 1.29 is 9.53 Å². The number of carbonyl (C=O) groups is 1. The molecule has 98 valence electrons. The second-order valence-corrected chi connectivity index (χ2v) is 4.51. The van der Waals surface area contributed by atoms with Crippen molar-refractivity contribution in [3.05, 3.63) is 52.1 Å². The first-order valence-corrected chi connectivity index (χ1v) is 6.12. The summed E-state index contributed by atoms with van der Waals surface area (Å²) in [6.45, 7) is 0. The lowest BCUT2D eigenvalue weighted by Crippen LogP contribution is -2.03. The largest absolute Gasteiger partial charge is 0.465 e. The van der Waals surface area contributed by atoms with Crippen molar-refractivity contribution in [2.45, 2.75) is 0 Å². The predicted molar refractivity (Wildman–Crippen MR) is 75.3 cm³/mol. The van der Waals surface area contributed by atoms with Gasteiger partial charge in [-0.05, 0) is 30.3 Å². The van der Waals surface area contributed by atoms with Gasteiger partial charge in [-0.3, -0.25) is 0 Å². The Morgan fingerprint density at radius 3 is 2.74 bits per heavy atom. The lowest BCUT2D eigenvalue weighted by Gasteiger charge is -2.08. The number of halogens is 2. The number of aromatic nitrogens is 1. The van der Waals surface area contributed by atoms with Crippen LogP contribution in [0.5, 0.6) is 0 Å². The lowest BCUT2D eigenvalue weighted by molar-refractivity contribution is 0.0600. The number of methoxy groups -OCH3 is 1. The molecular formula is C13H10Cl2N2O2. The van der Waals surface area contributed by atoms with Crippen molar-refractivity contribution in [3.8, 4) is 0 Å². The Labute approximate surface area is 120 Å². The Morgan fingerprint density at radius 2 is 2.05 bits per heavy atom. The highest BCUT2D eigenvalue weighted by atomic mass is 35.5. The molecule has 1 heterocycles. The molecule has 0 saturated heterocycles. The van der Waals surface area contributed by atoms with Crippen LogP contribution in [-0.4, -0.2) is 18.1 Å². The number of rotatable bonds is 3. The smallest absolute Gasteiger partial charge is 0.338 e. The van der Waals surface area contributed by atoms with Crippen LogP contribution in [0.15, 0.2) is 36.5 Å². The molecule has 0 bridgehead atoms. The van der Waals surface area contributed by atoms with Gasteiger partial charge < -0.3 is 10.1 Å². The summed E-state index contributed by atoms with van der Waals surface area (Å²) in [6.07, 6.45) is 1.51. The molecule has 19 heavy (non-hydrogen) atoms. The summed E-state index contributed by atoms with van der Waals surface area (Å²) in [6, 6.07) is 8.21. The van der Waals surface area contributed by atoms with Crippen LogP contribution in [0.25, 0.3) is 0 Å². The molecule has 0 amide bonds. The number of nitrogens with one attached hydrogen (secondary N) is 1. The van der Waals surface area contributed by atoms with E-state index in [1.54, 1.807) is 30.3 Å². The van der Waals surface area contributed by atoms with Crippen molar-refractivity contribution >= 4 is 40.7 Å². The van der Waals surface area contributed by atoms with Crippen molar-refractivity contribution in [2.75, 3.05) is 12.4 Å². The van der Waals surface area contributed by atoms with Gasteiger partial charge in [-0.2, -0.15) is 0 Å². The molecule has 2 aromatic rings. The van der Waals surface area contributed by atoms with Gasteiger partial charge in [-0.15, -0.1) is 0 Å². The molecule has 0 spiro atoms. The van der Waals surface area contributed by atoms with Gasteiger partial charge in [0.25, 0.3) is 0 Å². The fourth-order valence-corrected chi connectivity index (χ4v) is 1.93. The van der Waals surface area contributed by atoms with Gasteiger partial charge in [-0.1, -0.05) is 23.2 Å². The van der Waals surface area contributed by atoms with Crippen molar-refractivity contribution in [2.24, 2.45) is 0 Å². The zero-order chi connectivity index (χ0) is 13.8. The number of hydrogen-bond acceptors (Lipinski definition) is 4. The van der Waals surface area contributed by atoms with E-state index in [0.717, 1.165) is 0 Å². The first-order chi connectivity index (χ1) is 9.10. The Morgan fingerprint density at radius 1 is 1.26 bits per heavy atom. The van der Waals surface area contributed by atoms with Crippen molar-refractivity contribution in [1.82, 2.24) is 4.98 Å². The standard InChI is InChI=1S/C13H10Cl2N2O2/c1-19-13(18)8-4-5-16-12(6-8)17-11-3-2-9(14)7-10(11)15/h2-7H,1H3,(H,16,17). The fraction of sp³-hybridized carbons (Fsp3) is 0.0769. The second kappa shape index (κ2) is 5.91. The van der Waals surface area contributed by atoms with E-state index in [1.165, 1.54) is 13.3 Å². The average molecular weight is 297 g/mol. The van der Waals surface area contributed by atoms with Crippen LogP contribution in [0.1, 0.15) is 10.4 Å². The van der Waals surface area contributed by atoms with Crippen LogP contribution in [0, 0.1) is 0 Å². The van der Waals surface area contributed by atoms with Crippen LogP contribution in [0.3, 0.4) is 0 Å². The van der Waals surface area contributed by atoms with Gasteiger partial charge in [0, 0.05) is 11.2 Å². The van der Waals surface area contributed by atoms with Crippen LogP contribution in [-0.2, 0) is 4.74 Å². The monoisotopic (exact) mass is 296 g/mol. The van der Waals surface area contributed by atoms with Crippen LogP contribution in [0.4, 0.5) is 11.5 Å². The Kier molecular flexibility index (Phi) is 4.24. The third-order valence-corrected chi connectivity index (χ3v) is 2.92. The van der Waals surface area contributed by atoms with Crippen molar-refractivity contribution in [3.63, 3.8) is 0 Å². The third-order valence-electron chi connectivity index (χ3n) is 2.37. The molecular weight excluding hydrogens is 287 g/mol. The van der Waals surface area contributed by atoms with E-state index in [4.69, 9.17) is 23.2 Å². The highest BCUT2D eigenvalue weighted by molar-refractivity contribution is 6.36. The predicted octanol–water partition coefficient (Wildman–Crippen LogP) is 3.92. The Bertz CT molecular complexity index is 617. The van der Waals surface area contributed by atoms with Gasteiger partial charge >= 0.3 is 5.97 Å². The second-order valence-electron chi connectivity index (χ2n) is 3.67. The van der Waals surface area contributed by atoms with Gasteiger partial charge in [-0.25, -0.2) is 9.78 Å². The zero-order valence-corrected chi connectivity index (χ0v) is 11.5. The summed E-state index contributed by atoms with van der Waals surface area (Å²) in [5, 5.41) is 4.03. The highest BCUT2D eigenvalue weighted by Gasteiger charge is 2.08. The molecule has 0 saturated carbocycles. The summed E-state index contributed by atoms with van der Waals surface area (Å²) < 4.78 is 4.64. The molecule has 0 unspecified atom stereocenters. The van der Waals surface area contributed by atoms with Crippen LogP contribution >= 0.6 is 23.2 Å². The normalized spacial score (nSPS) is 10.1. The molecule has 0 aliphatic heterocycles. The number of esters is 1. The minimum absolute atomic E-state index is 0.407. The van der Waals surface area contributed by atoms with Crippen molar-refractivity contribution in [1.29, 1.82) is 0 Å². The quantitative estimate of drug-likeness (QED) is 0.872. The Hall–Kier alpha value is -1.78. The third kappa shape index (κ3) is 3.36. The first kappa shape index (κ1) is 13.6. The zero-order valence-electron chi connectivity index (χ0n) is 9.98. The van der Waals surface area contributed by atoms with Gasteiger partial charge in [0.15, 0.2) is 0 Å². The minimum atomic E-state index is -0.423. The molecule has 0 aliphatic rings. The van der Waals surface area contributed by atoms with Gasteiger partial charge in [0.2, 0.25) is 0 Å². The Balaban J connectivity index is 2.26. The molecule has 4 nitrogen and oxygen atoms in total. The molecule has 1 aromatic carbocycles. The van der Waals surface area contributed by atoms with E-state index in [1.807, 2.05) is 0 Å². The molecule has 6 heteroatoms. The SMILES string of the molecule is COC(=O)c1ccnc(Nc2ccc(Cl)cc2Cl)c1. The summed E-state index contributed by atoms with van der Waals surface area (Å²) in [7, 11) is 1.33. The number of nitrogens with zero attached hydrogens (tertiary/aromatic N) is 1. The van der Waals surface area contributed by atoms with E-state index in [0.29, 0.717) is 27.1 Å². The van der Waals surface area contributed by atoms with Crippen LogP contribution in [0.2, 0.25) is 10.0 Å². The molecule has 0 aliphatic carbocycles. The van der Waals surface area contributed by atoms with E-state index >= 15 is 0 Å². The van der Waals surface area contributed by atoms with Crippen LogP contribution < -0.4 is 5.32 Å². The first-order valence-electron chi connectivity index (χ1n) is 5.36. The van der Waals surface area contributed by atoms with Gasteiger partial charge in [0.1, 0.15) is 5.82 Å². The van der Waals surface area contributed by atoms with E-state index < -0.39 is 5.97 Å². The number of hydrogen-bond donors (Lipinski definition) is 1. The maximum absolute atomic E-state index is 11.4. The summed E-state index contributed by atoms with van der Waals surface area (Å²) in [4.78, 5) is 15.5. The summed E-state index contributed by atoms with van der Waals surface area (Å²) >= 11 is 11.9. The number of ether oxygens (including phenoxy) is 1. The summed E-state index contributed by atoms with van der Waals surface area (Å²) in [5.74, 6) is 0.0692. The van der Waals surface area contributed by atoms with E-state index in [2.05, 4.69) is 15.0 Å². The average Bonchev–Trinajstić information content (AvgIpc) is 2.41. The maximum atomic E-state index is 11.4. The molecule has 2 rings (SSSR count). The molecule has 1 N–H and O–H groups in total. The molecule has 0 fully saturated rings. The lowest BCUT2D eigenvalue weighted by atomic mass is 10.2. The highest BCUT2D eigenvalue weighted by Crippen LogP contribution is 2.27. The minimum Gasteiger partial charge on any atom is -0.465 e. The number of benzene rings is 1. The summed E-state index contributed by atoms with van der Waals surface area (Å²) in [5.41, 5.74) is 1.06. The number of carbonyl (C=O) groups excluding carboxylic acids is 1. The number of pyridine rings is 1. The van der Waals surface area contributed by atoms with E-state index in [-0.39, 0.29) is 0 Å². The fourth-order valence-electron chi connectivity index (χ4n) is 1.47. The molecule has 0 atom stereocenters.